The maximum absolute atomic E-state index is 12.7. The van der Waals surface area contributed by atoms with Crippen molar-refractivity contribution in [3.8, 4) is 5.75 Å². The van der Waals surface area contributed by atoms with E-state index in [0.29, 0.717) is 23.0 Å². The number of ether oxygens (including phenoxy) is 1. The molecule has 0 aromatic heterocycles. The van der Waals surface area contributed by atoms with Gasteiger partial charge < -0.3 is 10.1 Å². The summed E-state index contributed by atoms with van der Waals surface area (Å²) in [7, 11) is 1.49. The normalized spacial score (nSPS) is 14.9. The molecule has 0 saturated carbocycles. The molecule has 2 aromatic rings. The molecule has 31 heavy (non-hydrogen) atoms. The van der Waals surface area contributed by atoms with E-state index in [9.17, 15) is 19.2 Å². The number of nitrogens with one attached hydrogen (secondary N) is 1. The van der Waals surface area contributed by atoms with Crippen molar-refractivity contribution in [1.29, 1.82) is 0 Å². The number of urea groups is 1. The van der Waals surface area contributed by atoms with Gasteiger partial charge in [0.05, 0.1) is 18.8 Å². The lowest BCUT2D eigenvalue weighted by atomic mass is 9.97. The molecule has 1 N–H and O–H groups in total. The van der Waals surface area contributed by atoms with Crippen molar-refractivity contribution >= 4 is 29.4 Å². The van der Waals surface area contributed by atoms with Gasteiger partial charge >= 0.3 is 17.8 Å². The highest BCUT2D eigenvalue weighted by atomic mass is 16.5. The van der Waals surface area contributed by atoms with E-state index in [-0.39, 0.29) is 11.7 Å². The largest absolute Gasteiger partial charge is 0.497 e. The van der Waals surface area contributed by atoms with Gasteiger partial charge in [0, 0.05) is 0 Å². The first kappa shape index (κ1) is 22.0. The Balaban J connectivity index is 1.73. The molecule has 2 aromatic carbocycles. The van der Waals surface area contributed by atoms with Crippen LogP contribution in [0.3, 0.4) is 0 Å². The Morgan fingerprint density at radius 2 is 1.61 bits per heavy atom. The van der Waals surface area contributed by atoms with Gasteiger partial charge in [-0.3, -0.25) is 14.4 Å². The van der Waals surface area contributed by atoms with Crippen molar-refractivity contribution in [3.63, 3.8) is 0 Å². The van der Waals surface area contributed by atoms with Crippen LogP contribution in [-0.2, 0) is 14.4 Å². The first-order valence-electron chi connectivity index (χ1n) is 10.00. The molecular formula is C23H25N3O5. The fourth-order valence-electron chi connectivity index (χ4n) is 3.42. The molecule has 1 aliphatic heterocycles. The molecule has 0 radical (unpaired) electrons. The topological polar surface area (TPSA) is 96.0 Å². The van der Waals surface area contributed by atoms with Gasteiger partial charge in [0.25, 0.3) is 0 Å². The van der Waals surface area contributed by atoms with E-state index in [1.54, 1.807) is 12.1 Å². The first-order chi connectivity index (χ1) is 14.8. The molecule has 8 nitrogen and oxygen atoms in total. The minimum Gasteiger partial charge on any atom is -0.497 e. The van der Waals surface area contributed by atoms with Crippen molar-refractivity contribution in [1.82, 2.24) is 10.2 Å². The number of carbonyl (C=O) groups is 4. The average Bonchev–Trinajstić information content (AvgIpc) is 2.97. The van der Waals surface area contributed by atoms with E-state index in [1.807, 2.05) is 44.2 Å². The molecule has 1 saturated heterocycles. The summed E-state index contributed by atoms with van der Waals surface area (Å²) >= 11 is 0. The highest BCUT2D eigenvalue weighted by Crippen LogP contribution is 2.25. The van der Waals surface area contributed by atoms with Gasteiger partial charge in [-0.2, -0.15) is 0 Å². The molecule has 1 aliphatic rings. The lowest BCUT2D eigenvalue weighted by Crippen LogP contribution is -2.42. The van der Waals surface area contributed by atoms with E-state index >= 15 is 0 Å². The van der Waals surface area contributed by atoms with Crippen molar-refractivity contribution < 1.29 is 23.9 Å². The van der Waals surface area contributed by atoms with Crippen molar-refractivity contribution in [2.24, 2.45) is 5.92 Å². The van der Waals surface area contributed by atoms with Crippen molar-refractivity contribution in [2.75, 3.05) is 18.6 Å². The maximum atomic E-state index is 12.7. The van der Waals surface area contributed by atoms with Crippen LogP contribution in [0.5, 0.6) is 5.75 Å². The van der Waals surface area contributed by atoms with Gasteiger partial charge in [-0.15, -0.1) is 0 Å². The summed E-state index contributed by atoms with van der Waals surface area (Å²) in [4.78, 5) is 51.7. The molecule has 3 rings (SSSR count). The number of nitrogens with zero attached hydrogens (tertiary/aromatic N) is 2. The summed E-state index contributed by atoms with van der Waals surface area (Å²) in [6.45, 7) is 3.56. The quantitative estimate of drug-likeness (QED) is 0.520. The minimum atomic E-state index is -1.03. The molecule has 1 atom stereocenters. The zero-order valence-electron chi connectivity index (χ0n) is 17.7. The van der Waals surface area contributed by atoms with Crippen LogP contribution in [0.25, 0.3) is 0 Å². The van der Waals surface area contributed by atoms with Crippen LogP contribution in [0.1, 0.15) is 31.9 Å². The second-order valence-corrected chi connectivity index (χ2v) is 7.67. The van der Waals surface area contributed by atoms with Crippen LogP contribution in [0.4, 0.5) is 10.5 Å². The fourth-order valence-corrected chi connectivity index (χ4v) is 3.42. The molecule has 8 heteroatoms. The molecule has 0 unspecified atom stereocenters. The maximum Gasteiger partial charge on any atom is 0.339 e. The highest BCUT2D eigenvalue weighted by molar-refractivity contribution is 6.53. The molecule has 0 bridgehead atoms. The molecule has 5 amide bonds. The van der Waals surface area contributed by atoms with Crippen LogP contribution in [0.2, 0.25) is 0 Å². The third-order valence-corrected chi connectivity index (χ3v) is 4.93. The molecule has 0 spiro atoms. The Kier molecular flexibility index (Phi) is 6.69. The van der Waals surface area contributed by atoms with E-state index in [4.69, 9.17) is 4.74 Å². The van der Waals surface area contributed by atoms with Crippen LogP contribution < -0.4 is 15.0 Å². The number of imide groups is 2. The van der Waals surface area contributed by atoms with Crippen LogP contribution in [0.15, 0.2) is 54.6 Å². The number of benzene rings is 2. The van der Waals surface area contributed by atoms with Gasteiger partial charge in [0.1, 0.15) is 12.3 Å². The van der Waals surface area contributed by atoms with Gasteiger partial charge in [-0.25, -0.2) is 14.6 Å². The van der Waals surface area contributed by atoms with E-state index < -0.39 is 30.3 Å². The minimum absolute atomic E-state index is 0.231. The smallest absolute Gasteiger partial charge is 0.339 e. The zero-order chi connectivity index (χ0) is 22.5. The molecule has 0 aliphatic carbocycles. The monoisotopic (exact) mass is 423 g/mol. The molecule has 1 heterocycles. The SMILES string of the molecule is COc1ccc(N2C(=O)C(=O)N(CC(=O)N[C@H](CC(C)C)c3ccccc3)C2=O)cc1. The predicted molar refractivity (Wildman–Crippen MR) is 114 cm³/mol. The molecule has 162 valence electrons. The van der Waals surface area contributed by atoms with E-state index in [2.05, 4.69) is 5.32 Å². The van der Waals surface area contributed by atoms with Gasteiger partial charge in [0.2, 0.25) is 5.91 Å². The van der Waals surface area contributed by atoms with Crippen LogP contribution in [-0.4, -0.2) is 42.3 Å². The predicted octanol–water partition coefficient (Wildman–Crippen LogP) is 2.89. The van der Waals surface area contributed by atoms with Gasteiger partial charge in [-0.05, 0) is 42.2 Å². The number of amides is 5. The molecular weight excluding hydrogens is 398 g/mol. The van der Waals surface area contributed by atoms with Crippen molar-refractivity contribution in [2.45, 2.75) is 26.3 Å². The summed E-state index contributed by atoms with van der Waals surface area (Å²) < 4.78 is 5.06. The number of rotatable bonds is 8. The lowest BCUT2D eigenvalue weighted by Gasteiger charge is -2.22. The lowest BCUT2D eigenvalue weighted by molar-refractivity contribution is -0.140. The summed E-state index contributed by atoms with van der Waals surface area (Å²) in [5, 5.41) is 2.89. The standard InChI is InChI=1S/C23H25N3O5/c1-15(2)13-19(16-7-5-4-6-8-16)24-20(27)14-25-21(28)22(29)26(23(25)30)17-9-11-18(31-3)12-10-17/h4-12,15,19H,13-14H2,1-3H3,(H,24,27)/t19-/m1/s1. The number of anilines is 1. The highest BCUT2D eigenvalue weighted by Gasteiger charge is 2.46. The Morgan fingerprint density at radius 3 is 2.19 bits per heavy atom. The van der Waals surface area contributed by atoms with Crippen molar-refractivity contribution in [3.05, 3.63) is 60.2 Å². The summed E-state index contributed by atoms with van der Waals surface area (Å²) in [6.07, 6.45) is 0.689. The molecule has 1 fully saturated rings. The van der Waals surface area contributed by atoms with Crippen LogP contribution >= 0.6 is 0 Å². The first-order valence-corrected chi connectivity index (χ1v) is 10.00. The average molecular weight is 423 g/mol. The number of carbonyl (C=O) groups excluding carboxylic acids is 4. The van der Waals surface area contributed by atoms with Crippen LogP contribution in [0, 0.1) is 5.92 Å². The van der Waals surface area contributed by atoms with E-state index in [0.717, 1.165) is 10.5 Å². The van der Waals surface area contributed by atoms with Gasteiger partial charge in [-0.1, -0.05) is 44.2 Å². The zero-order valence-corrected chi connectivity index (χ0v) is 17.7. The Hall–Kier alpha value is -3.68. The summed E-state index contributed by atoms with van der Waals surface area (Å²) in [5.41, 5.74) is 1.16. The Labute approximate surface area is 180 Å². The summed E-state index contributed by atoms with van der Waals surface area (Å²) in [6, 6.07) is 14.5. The number of methoxy groups -OCH3 is 1. The van der Waals surface area contributed by atoms with Gasteiger partial charge in [0.15, 0.2) is 0 Å². The third kappa shape index (κ3) is 4.91. The fraction of sp³-hybridized carbons (Fsp3) is 0.304. The number of hydrogen-bond donors (Lipinski definition) is 1. The van der Waals surface area contributed by atoms with E-state index in [1.165, 1.54) is 19.2 Å². The Morgan fingerprint density at radius 1 is 0.968 bits per heavy atom. The third-order valence-electron chi connectivity index (χ3n) is 4.93. The summed E-state index contributed by atoms with van der Waals surface area (Å²) in [5.74, 6) is -1.68. The number of hydrogen-bond acceptors (Lipinski definition) is 5. The Bertz CT molecular complexity index is 972. The second kappa shape index (κ2) is 9.42. The second-order valence-electron chi connectivity index (χ2n) is 7.67.